The predicted molar refractivity (Wildman–Crippen MR) is 81.0 cm³/mol. The maximum atomic E-state index is 3.42. The Bertz CT molecular complexity index is 341. The summed E-state index contributed by atoms with van der Waals surface area (Å²) in [6.45, 7) is 9.14. The van der Waals surface area contributed by atoms with Crippen LogP contribution in [0.2, 0.25) is 0 Å². The van der Waals surface area contributed by atoms with E-state index < -0.39 is 0 Å². The highest BCUT2D eigenvalue weighted by atomic mass is 14.9. The van der Waals surface area contributed by atoms with Crippen molar-refractivity contribution in [3.63, 3.8) is 0 Å². The molecule has 0 saturated carbocycles. The van der Waals surface area contributed by atoms with Gasteiger partial charge in [-0.3, -0.25) is 0 Å². The second-order valence-corrected chi connectivity index (χ2v) is 6.10. The molecule has 1 nitrogen and oxygen atoms in total. The van der Waals surface area contributed by atoms with Crippen molar-refractivity contribution in [2.24, 2.45) is 11.8 Å². The van der Waals surface area contributed by atoms with Gasteiger partial charge in [0.25, 0.3) is 0 Å². The molecule has 0 aliphatic carbocycles. The number of nitrogens with one attached hydrogen (secondary N) is 1. The predicted octanol–water partition coefficient (Wildman–Crippen LogP) is 4.06. The highest BCUT2D eigenvalue weighted by Crippen LogP contribution is 2.14. The van der Waals surface area contributed by atoms with Gasteiger partial charge in [0.1, 0.15) is 0 Å². The van der Waals surface area contributed by atoms with E-state index in [2.05, 4.69) is 64.3 Å². The van der Waals surface area contributed by atoms with E-state index in [0.29, 0.717) is 12.0 Å². The number of rotatable bonds is 7. The zero-order chi connectivity index (χ0) is 13.5. The molecule has 0 aliphatic rings. The van der Waals surface area contributed by atoms with E-state index in [4.69, 9.17) is 0 Å². The van der Waals surface area contributed by atoms with Gasteiger partial charge < -0.3 is 5.32 Å². The summed E-state index contributed by atoms with van der Waals surface area (Å²) in [4.78, 5) is 0. The summed E-state index contributed by atoms with van der Waals surface area (Å²) in [6, 6.07) is 9.72. The lowest BCUT2D eigenvalue weighted by Gasteiger charge is -2.20. The quantitative estimate of drug-likeness (QED) is 0.766. The maximum Gasteiger partial charge on any atom is 0.00902 e. The Balaban J connectivity index is 2.56. The number of aryl methyl sites for hydroxylation is 1. The molecule has 1 aromatic carbocycles. The molecule has 0 aliphatic heterocycles. The Kier molecular flexibility index (Phi) is 6.42. The highest BCUT2D eigenvalue weighted by molar-refractivity contribution is 5.24. The van der Waals surface area contributed by atoms with E-state index in [9.17, 15) is 0 Å². The Hall–Kier alpha value is -0.820. The molecule has 102 valence electrons. The van der Waals surface area contributed by atoms with Crippen LogP contribution in [-0.4, -0.2) is 13.1 Å². The van der Waals surface area contributed by atoms with Crippen molar-refractivity contribution in [2.75, 3.05) is 7.05 Å². The first-order chi connectivity index (χ1) is 8.52. The minimum absolute atomic E-state index is 0.624. The maximum absolute atomic E-state index is 3.42. The molecule has 1 heteroatoms. The van der Waals surface area contributed by atoms with Crippen molar-refractivity contribution in [2.45, 2.75) is 53.0 Å². The summed E-state index contributed by atoms with van der Waals surface area (Å²) in [5, 5.41) is 3.42. The van der Waals surface area contributed by atoms with Gasteiger partial charge in [-0.1, -0.05) is 52.0 Å². The minimum Gasteiger partial charge on any atom is -0.317 e. The van der Waals surface area contributed by atoms with Crippen LogP contribution in [0.4, 0.5) is 0 Å². The van der Waals surface area contributed by atoms with E-state index in [-0.39, 0.29) is 0 Å². The van der Waals surface area contributed by atoms with E-state index in [1.807, 2.05) is 0 Å². The average molecular weight is 247 g/mol. The van der Waals surface area contributed by atoms with Gasteiger partial charge in [0.05, 0.1) is 0 Å². The number of hydrogen-bond acceptors (Lipinski definition) is 1. The molecule has 0 spiro atoms. The molecule has 1 atom stereocenters. The van der Waals surface area contributed by atoms with Crippen molar-refractivity contribution in [1.29, 1.82) is 0 Å². The van der Waals surface area contributed by atoms with Gasteiger partial charge in [-0.15, -0.1) is 0 Å². The van der Waals surface area contributed by atoms with Crippen molar-refractivity contribution in [3.05, 3.63) is 35.4 Å². The standard InChI is InChI=1S/C17H29N/c1-13(2)11-16-8-6-7-15(12-16)9-10-17(18-5)14(3)4/h6-8,12-14,17-18H,9-11H2,1-5H3. The van der Waals surface area contributed by atoms with Crippen molar-refractivity contribution >= 4 is 0 Å². The van der Waals surface area contributed by atoms with E-state index in [1.165, 1.54) is 30.4 Å². The molecule has 18 heavy (non-hydrogen) atoms. The van der Waals surface area contributed by atoms with Crippen LogP contribution in [0.3, 0.4) is 0 Å². The summed E-state index contributed by atoms with van der Waals surface area (Å²) in [6.07, 6.45) is 3.59. The van der Waals surface area contributed by atoms with Crippen LogP contribution in [0.15, 0.2) is 24.3 Å². The molecule has 0 amide bonds. The second kappa shape index (κ2) is 7.58. The van der Waals surface area contributed by atoms with Crippen molar-refractivity contribution in [1.82, 2.24) is 5.32 Å². The van der Waals surface area contributed by atoms with Gasteiger partial charge >= 0.3 is 0 Å². The van der Waals surface area contributed by atoms with Gasteiger partial charge in [0.15, 0.2) is 0 Å². The Morgan fingerprint density at radius 1 is 1.06 bits per heavy atom. The first-order valence-corrected chi connectivity index (χ1v) is 7.28. The summed E-state index contributed by atoms with van der Waals surface area (Å²) in [5.74, 6) is 1.44. The normalized spacial score (nSPS) is 13.3. The molecule has 0 bridgehead atoms. The fourth-order valence-corrected chi connectivity index (χ4v) is 2.52. The molecule has 0 aromatic heterocycles. The van der Waals surface area contributed by atoms with Crippen LogP contribution >= 0.6 is 0 Å². The third-order valence-corrected chi connectivity index (χ3v) is 3.55. The fraction of sp³-hybridized carbons (Fsp3) is 0.647. The van der Waals surface area contributed by atoms with Crippen molar-refractivity contribution in [3.8, 4) is 0 Å². The van der Waals surface area contributed by atoms with Crippen LogP contribution in [-0.2, 0) is 12.8 Å². The van der Waals surface area contributed by atoms with Gasteiger partial charge in [-0.05, 0) is 49.3 Å². The van der Waals surface area contributed by atoms with E-state index in [0.717, 1.165) is 5.92 Å². The first kappa shape index (κ1) is 15.2. The van der Waals surface area contributed by atoms with Gasteiger partial charge in [-0.25, -0.2) is 0 Å². The largest absolute Gasteiger partial charge is 0.317 e. The smallest absolute Gasteiger partial charge is 0.00902 e. The van der Waals surface area contributed by atoms with Gasteiger partial charge in [-0.2, -0.15) is 0 Å². The monoisotopic (exact) mass is 247 g/mol. The third-order valence-electron chi connectivity index (χ3n) is 3.55. The minimum atomic E-state index is 0.624. The Labute approximate surface area is 113 Å². The molecule has 1 unspecified atom stereocenters. The lowest BCUT2D eigenvalue weighted by molar-refractivity contribution is 0.403. The number of hydrogen-bond donors (Lipinski definition) is 1. The first-order valence-electron chi connectivity index (χ1n) is 7.28. The van der Waals surface area contributed by atoms with Crippen LogP contribution < -0.4 is 5.32 Å². The van der Waals surface area contributed by atoms with Crippen molar-refractivity contribution < 1.29 is 0 Å². The van der Waals surface area contributed by atoms with Gasteiger partial charge in [0.2, 0.25) is 0 Å². The fourth-order valence-electron chi connectivity index (χ4n) is 2.52. The molecule has 1 aromatic rings. The van der Waals surface area contributed by atoms with E-state index in [1.54, 1.807) is 0 Å². The Morgan fingerprint density at radius 2 is 1.72 bits per heavy atom. The van der Waals surface area contributed by atoms with Crippen LogP contribution in [0.1, 0.15) is 45.2 Å². The van der Waals surface area contributed by atoms with Crippen LogP contribution in [0, 0.1) is 11.8 Å². The lowest BCUT2D eigenvalue weighted by atomic mass is 9.95. The zero-order valence-electron chi connectivity index (χ0n) is 12.7. The lowest BCUT2D eigenvalue weighted by Crippen LogP contribution is -2.31. The third kappa shape index (κ3) is 5.22. The average Bonchev–Trinajstić information content (AvgIpc) is 2.29. The molecule has 1 N–H and O–H groups in total. The second-order valence-electron chi connectivity index (χ2n) is 6.10. The molecule has 0 radical (unpaired) electrons. The van der Waals surface area contributed by atoms with Crippen LogP contribution in [0.5, 0.6) is 0 Å². The summed E-state index contributed by atoms with van der Waals surface area (Å²) < 4.78 is 0. The van der Waals surface area contributed by atoms with Crippen LogP contribution in [0.25, 0.3) is 0 Å². The molecule has 0 heterocycles. The topological polar surface area (TPSA) is 12.0 Å². The Morgan fingerprint density at radius 3 is 2.28 bits per heavy atom. The SMILES string of the molecule is CNC(CCc1cccc(CC(C)C)c1)C(C)C. The summed E-state index contributed by atoms with van der Waals surface area (Å²) >= 11 is 0. The molecular weight excluding hydrogens is 218 g/mol. The molecule has 0 saturated heterocycles. The number of benzene rings is 1. The molecular formula is C17H29N. The van der Waals surface area contributed by atoms with Gasteiger partial charge in [0, 0.05) is 6.04 Å². The molecule has 1 rings (SSSR count). The van der Waals surface area contributed by atoms with E-state index >= 15 is 0 Å². The highest BCUT2D eigenvalue weighted by Gasteiger charge is 2.10. The summed E-state index contributed by atoms with van der Waals surface area (Å²) in [7, 11) is 2.07. The molecule has 0 fully saturated rings. The summed E-state index contributed by atoms with van der Waals surface area (Å²) in [5.41, 5.74) is 2.96. The zero-order valence-corrected chi connectivity index (χ0v) is 12.7.